The number of aromatic nitrogens is 1. The zero-order valence-electron chi connectivity index (χ0n) is 10.3. The van der Waals surface area contributed by atoms with Crippen LogP contribution in [0.15, 0.2) is 11.6 Å². The average Bonchev–Trinajstić information content (AvgIpc) is 2.74. The Kier molecular flexibility index (Phi) is 3.98. The summed E-state index contributed by atoms with van der Waals surface area (Å²) in [5.74, 6) is 0.915. The maximum atomic E-state index is 4.51. The molecule has 0 bridgehead atoms. The highest BCUT2D eigenvalue weighted by Gasteiger charge is 2.33. The fraction of sp³-hybridized carbons (Fsp3) is 0.769. The summed E-state index contributed by atoms with van der Waals surface area (Å²) in [6, 6.07) is 0. The maximum Gasteiger partial charge on any atom is 0.112 e. The van der Waals surface area contributed by atoms with Crippen LogP contribution in [0.25, 0.3) is 0 Å². The van der Waals surface area contributed by atoms with Crippen molar-refractivity contribution in [2.24, 2.45) is 5.92 Å². The Morgan fingerprint density at radius 1 is 1.56 bits per heavy atom. The summed E-state index contributed by atoms with van der Waals surface area (Å²) >= 11 is 1.78. The molecule has 1 N–H and O–H groups in total. The maximum absolute atomic E-state index is 4.51. The molecule has 0 spiro atoms. The van der Waals surface area contributed by atoms with Gasteiger partial charge in [-0.2, -0.15) is 0 Å². The van der Waals surface area contributed by atoms with E-state index in [1.165, 1.54) is 37.1 Å². The van der Waals surface area contributed by atoms with E-state index in [2.05, 4.69) is 29.5 Å². The largest absolute Gasteiger partial charge is 0.306 e. The molecule has 0 aliphatic heterocycles. The van der Waals surface area contributed by atoms with Crippen molar-refractivity contribution < 1.29 is 0 Å². The molecule has 2 nitrogen and oxygen atoms in total. The lowest BCUT2D eigenvalue weighted by Crippen LogP contribution is -2.42. The minimum Gasteiger partial charge on any atom is -0.306 e. The summed E-state index contributed by atoms with van der Waals surface area (Å²) in [4.78, 5) is 4.51. The summed E-state index contributed by atoms with van der Waals surface area (Å²) in [6.07, 6.45) is 8.61. The zero-order chi connectivity index (χ0) is 11.4. The molecule has 1 aliphatic rings. The van der Waals surface area contributed by atoms with Crippen molar-refractivity contribution in [1.82, 2.24) is 10.3 Å². The summed E-state index contributed by atoms with van der Waals surface area (Å²) < 4.78 is 0. The first-order valence-corrected chi connectivity index (χ1v) is 7.27. The number of nitrogens with zero attached hydrogens (tertiary/aromatic N) is 1. The van der Waals surface area contributed by atoms with Crippen molar-refractivity contribution in [1.29, 1.82) is 0 Å². The van der Waals surface area contributed by atoms with E-state index in [0.717, 1.165) is 12.5 Å². The minimum atomic E-state index is 0.106. The zero-order valence-corrected chi connectivity index (χ0v) is 11.1. The molecule has 1 aromatic heterocycles. The molecule has 3 heteroatoms. The van der Waals surface area contributed by atoms with Crippen molar-refractivity contribution in [3.63, 3.8) is 0 Å². The molecule has 2 rings (SSSR count). The van der Waals surface area contributed by atoms with E-state index in [9.17, 15) is 0 Å². The smallest absolute Gasteiger partial charge is 0.112 e. The Labute approximate surface area is 102 Å². The molecule has 1 saturated carbocycles. The second-order valence-corrected chi connectivity index (χ2v) is 5.99. The van der Waals surface area contributed by atoms with Crippen LogP contribution < -0.4 is 5.32 Å². The molecular formula is C13H22N2S. The van der Waals surface area contributed by atoms with Crippen molar-refractivity contribution in [3.05, 3.63) is 16.6 Å². The molecule has 90 valence electrons. The monoisotopic (exact) mass is 238 g/mol. The fourth-order valence-corrected chi connectivity index (χ4v) is 3.19. The van der Waals surface area contributed by atoms with Gasteiger partial charge in [0.25, 0.3) is 0 Å². The Morgan fingerprint density at radius 2 is 2.38 bits per heavy atom. The Balaban J connectivity index is 2.04. The highest BCUT2D eigenvalue weighted by atomic mass is 32.1. The molecule has 0 saturated heterocycles. The van der Waals surface area contributed by atoms with Crippen LogP contribution in [0, 0.1) is 5.92 Å². The Hall–Kier alpha value is -0.410. The molecule has 16 heavy (non-hydrogen) atoms. The van der Waals surface area contributed by atoms with E-state index in [0.29, 0.717) is 0 Å². The molecule has 0 amide bonds. The lowest BCUT2D eigenvalue weighted by molar-refractivity contribution is 0.204. The SMILES string of the molecule is CCCNC(C)(CC1CCC1)c1nccs1. The normalized spacial score (nSPS) is 20.4. The Morgan fingerprint density at radius 3 is 2.88 bits per heavy atom. The molecule has 0 radical (unpaired) electrons. The van der Waals surface area contributed by atoms with E-state index in [1.54, 1.807) is 11.3 Å². The van der Waals surface area contributed by atoms with Gasteiger partial charge in [0, 0.05) is 11.6 Å². The van der Waals surface area contributed by atoms with Gasteiger partial charge in [-0.05, 0) is 32.2 Å². The predicted molar refractivity (Wildman–Crippen MR) is 69.7 cm³/mol. The lowest BCUT2D eigenvalue weighted by atomic mass is 9.76. The molecule has 1 aromatic rings. The van der Waals surface area contributed by atoms with Crippen LogP contribution in [0.2, 0.25) is 0 Å². The summed E-state index contributed by atoms with van der Waals surface area (Å²) in [5.41, 5.74) is 0.106. The van der Waals surface area contributed by atoms with Crippen molar-refractivity contribution in [3.8, 4) is 0 Å². The first kappa shape index (κ1) is 12.1. The van der Waals surface area contributed by atoms with Crippen LogP contribution in [0.4, 0.5) is 0 Å². The number of thiazole rings is 1. The van der Waals surface area contributed by atoms with Gasteiger partial charge in [-0.25, -0.2) is 4.98 Å². The van der Waals surface area contributed by atoms with Crippen LogP contribution in [0.3, 0.4) is 0 Å². The van der Waals surface area contributed by atoms with E-state index in [1.807, 2.05) is 6.20 Å². The highest BCUT2D eigenvalue weighted by Crippen LogP contribution is 2.38. The van der Waals surface area contributed by atoms with Gasteiger partial charge < -0.3 is 5.32 Å². The van der Waals surface area contributed by atoms with Gasteiger partial charge in [0.1, 0.15) is 5.01 Å². The molecule has 1 atom stereocenters. The molecular weight excluding hydrogens is 216 g/mol. The lowest BCUT2D eigenvalue weighted by Gasteiger charge is -2.36. The average molecular weight is 238 g/mol. The number of nitrogens with one attached hydrogen (secondary N) is 1. The third kappa shape index (κ3) is 2.64. The summed E-state index contributed by atoms with van der Waals surface area (Å²) in [7, 11) is 0. The van der Waals surface area contributed by atoms with Crippen molar-refractivity contribution in [2.45, 2.75) is 51.5 Å². The first-order valence-electron chi connectivity index (χ1n) is 6.39. The quantitative estimate of drug-likeness (QED) is 0.820. The molecule has 1 aliphatic carbocycles. The van der Waals surface area contributed by atoms with Crippen LogP contribution >= 0.6 is 11.3 Å². The standard InChI is InChI=1S/C13H22N2S/c1-3-7-15-13(2,10-11-5-4-6-11)12-14-8-9-16-12/h8-9,11,15H,3-7,10H2,1-2H3. The Bertz CT molecular complexity index is 306. The van der Waals surface area contributed by atoms with E-state index in [4.69, 9.17) is 0 Å². The molecule has 1 fully saturated rings. The van der Waals surface area contributed by atoms with Gasteiger partial charge >= 0.3 is 0 Å². The summed E-state index contributed by atoms with van der Waals surface area (Å²) in [6.45, 7) is 5.63. The number of rotatable bonds is 6. The van der Waals surface area contributed by atoms with Gasteiger partial charge in [0.15, 0.2) is 0 Å². The van der Waals surface area contributed by atoms with Crippen LogP contribution in [-0.4, -0.2) is 11.5 Å². The van der Waals surface area contributed by atoms with Gasteiger partial charge in [-0.15, -0.1) is 11.3 Å². The van der Waals surface area contributed by atoms with Gasteiger partial charge in [-0.3, -0.25) is 0 Å². The van der Waals surface area contributed by atoms with Gasteiger partial charge in [0.2, 0.25) is 0 Å². The second kappa shape index (κ2) is 5.28. The third-order valence-electron chi connectivity index (χ3n) is 3.59. The number of hydrogen-bond acceptors (Lipinski definition) is 3. The van der Waals surface area contributed by atoms with Gasteiger partial charge in [0.05, 0.1) is 5.54 Å². The first-order chi connectivity index (χ1) is 7.74. The second-order valence-electron chi connectivity index (χ2n) is 5.10. The predicted octanol–water partition coefficient (Wildman–Crippen LogP) is 3.55. The minimum absolute atomic E-state index is 0.106. The highest BCUT2D eigenvalue weighted by molar-refractivity contribution is 7.09. The van der Waals surface area contributed by atoms with Crippen molar-refractivity contribution in [2.75, 3.05) is 6.54 Å². The molecule has 1 unspecified atom stereocenters. The van der Waals surface area contributed by atoms with Crippen molar-refractivity contribution >= 4 is 11.3 Å². The van der Waals surface area contributed by atoms with Crippen LogP contribution in [0.5, 0.6) is 0 Å². The summed E-state index contributed by atoms with van der Waals surface area (Å²) in [5, 5.41) is 7.04. The fourth-order valence-electron chi connectivity index (χ4n) is 2.41. The van der Waals surface area contributed by atoms with E-state index < -0.39 is 0 Å². The van der Waals surface area contributed by atoms with Crippen LogP contribution in [0.1, 0.15) is 51.0 Å². The van der Waals surface area contributed by atoms with E-state index in [-0.39, 0.29) is 5.54 Å². The number of hydrogen-bond donors (Lipinski definition) is 1. The molecule has 0 aromatic carbocycles. The third-order valence-corrected chi connectivity index (χ3v) is 4.63. The van der Waals surface area contributed by atoms with Gasteiger partial charge in [-0.1, -0.05) is 26.2 Å². The topological polar surface area (TPSA) is 24.9 Å². The molecule has 1 heterocycles. The van der Waals surface area contributed by atoms with Crippen LogP contribution in [-0.2, 0) is 5.54 Å². The van der Waals surface area contributed by atoms with E-state index >= 15 is 0 Å².